The summed E-state index contributed by atoms with van der Waals surface area (Å²) in [5, 5.41) is 6.59. The number of aromatic nitrogens is 1. The number of methoxy groups -OCH3 is 1. The Balaban J connectivity index is 1.70. The van der Waals surface area contributed by atoms with Crippen LogP contribution in [0.15, 0.2) is 29.6 Å². The minimum absolute atomic E-state index is 0.258. The number of nitrogens with zero attached hydrogens (tertiary/aromatic N) is 1. The third-order valence-corrected chi connectivity index (χ3v) is 4.03. The number of ether oxygens (including phenoxy) is 2. The van der Waals surface area contributed by atoms with E-state index in [9.17, 15) is 0 Å². The molecule has 5 heteroatoms. The van der Waals surface area contributed by atoms with Crippen molar-refractivity contribution in [3.8, 4) is 11.5 Å². The third kappa shape index (κ3) is 4.21. The lowest BCUT2D eigenvalue weighted by atomic mass is 10.3. The summed E-state index contributed by atoms with van der Waals surface area (Å²) in [4.78, 5) is 4.47. The van der Waals surface area contributed by atoms with Crippen molar-refractivity contribution in [3.05, 3.63) is 40.3 Å². The first kappa shape index (κ1) is 14.8. The number of aryl methyl sites for hydroxylation is 1. The van der Waals surface area contributed by atoms with Gasteiger partial charge in [0.25, 0.3) is 0 Å². The molecule has 0 saturated carbocycles. The van der Waals surface area contributed by atoms with E-state index in [2.05, 4.69) is 22.6 Å². The lowest BCUT2D eigenvalue weighted by Crippen LogP contribution is -2.24. The molecular formula is C15H20N2O2S. The van der Waals surface area contributed by atoms with Crippen LogP contribution in [0.5, 0.6) is 11.5 Å². The summed E-state index contributed by atoms with van der Waals surface area (Å²) in [6, 6.07) is 7.86. The highest BCUT2D eigenvalue weighted by atomic mass is 32.1. The molecule has 2 rings (SSSR count). The van der Waals surface area contributed by atoms with Crippen LogP contribution in [0.3, 0.4) is 0 Å². The molecule has 0 aliphatic rings. The van der Waals surface area contributed by atoms with Crippen LogP contribution in [0.1, 0.15) is 23.7 Å². The lowest BCUT2D eigenvalue weighted by molar-refractivity contribution is 0.307. The minimum Gasteiger partial charge on any atom is -0.497 e. The van der Waals surface area contributed by atoms with Crippen LogP contribution in [0.25, 0.3) is 0 Å². The van der Waals surface area contributed by atoms with Gasteiger partial charge in [0.2, 0.25) is 0 Å². The van der Waals surface area contributed by atoms with Gasteiger partial charge in [-0.2, -0.15) is 0 Å². The Kier molecular flexibility index (Phi) is 5.38. The fourth-order valence-corrected chi connectivity index (χ4v) is 2.60. The van der Waals surface area contributed by atoms with Gasteiger partial charge < -0.3 is 14.8 Å². The predicted molar refractivity (Wildman–Crippen MR) is 81.8 cm³/mol. The summed E-state index contributed by atoms with van der Waals surface area (Å²) >= 11 is 1.69. The maximum Gasteiger partial charge on any atom is 0.119 e. The minimum atomic E-state index is 0.258. The van der Waals surface area contributed by atoms with Gasteiger partial charge >= 0.3 is 0 Å². The average molecular weight is 292 g/mol. The Morgan fingerprint density at radius 1 is 1.25 bits per heavy atom. The molecule has 1 heterocycles. The number of thiazole rings is 1. The fourth-order valence-electron chi connectivity index (χ4n) is 1.77. The molecular weight excluding hydrogens is 272 g/mol. The standard InChI is InChI=1S/C15H20N2O2S/c1-11-10-20-15(17-11)12(2)16-8-9-19-14-6-4-13(18-3)5-7-14/h4-7,10,12,16H,8-9H2,1-3H3. The van der Waals surface area contributed by atoms with Gasteiger partial charge in [-0.3, -0.25) is 0 Å². The largest absolute Gasteiger partial charge is 0.497 e. The van der Waals surface area contributed by atoms with Crippen LogP contribution >= 0.6 is 11.3 Å². The summed E-state index contributed by atoms with van der Waals surface area (Å²) < 4.78 is 10.8. The van der Waals surface area contributed by atoms with Crippen molar-refractivity contribution in [1.29, 1.82) is 0 Å². The first-order valence-electron chi connectivity index (χ1n) is 6.61. The number of nitrogens with one attached hydrogen (secondary N) is 1. The molecule has 0 spiro atoms. The molecule has 0 fully saturated rings. The van der Waals surface area contributed by atoms with Crippen molar-refractivity contribution >= 4 is 11.3 Å². The summed E-state index contributed by atoms with van der Waals surface area (Å²) in [7, 11) is 1.65. The van der Waals surface area contributed by atoms with E-state index in [0.29, 0.717) is 6.61 Å². The Hall–Kier alpha value is -1.59. The molecule has 0 aliphatic heterocycles. The smallest absolute Gasteiger partial charge is 0.119 e. The van der Waals surface area contributed by atoms with E-state index in [1.54, 1.807) is 18.4 Å². The van der Waals surface area contributed by atoms with Crippen LogP contribution in [0.2, 0.25) is 0 Å². The number of hydrogen-bond acceptors (Lipinski definition) is 5. The summed E-state index contributed by atoms with van der Waals surface area (Å²) in [6.45, 7) is 5.54. The third-order valence-electron chi connectivity index (χ3n) is 2.89. The maximum atomic E-state index is 5.66. The van der Waals surface area contributed by atoms with E-state index in [0.717, 1.165) is 28.7 Å². The fraction of sp³-hybridized carbons (Fsp3) is 0.400. The second kappa shape index (κ2) is 7.26. The van der Waals surface area contributed by atoms with Crippen LogP contribution in [0.4, 0.5) is 0 Å². The molecule has 108 valence electrons. The van der Waals surface area contributed by atoms with Gasteiger partial charge in [0.15, 0.2) is 0 Å². The summed E-state index contributed by atoms with van der Waals surface area (Å²) in [5.41, 5.74) is 1.08. The van der Waals surface area contributed by atoms with Crippen molar-refractivity contribution in [2.75, 3.05) is 20.3 Å². The van der Waals surface area contributed by atoms with Crippen molar-refractivity contribution in [2.24, 2.45) is 0 Å². The zero-order chi connectivity index (χ0) is 14.4. The van der Waals surface area contributed by atoms with E-state index in [1.807, 2.05) is 31.2 Å². The molecule has 1 aromatic carbocycles. The Morgan fingerprint density at radius 2 is 1.95 bits per heavy atom. The zero-order valence-corrected chi connectivity index (χ0v) is 12.9. The zero-order valence-electron chi connectivity index (χ0n) is 12.1. The van der Waals surface area contributed by atoms with Crippen molar-refractivity contribution in [3.63, 3.8) is 0 Å². The Bertz CT molecular complexity index is 525. The number of hydrogen-bond donors (Lipinski definition) is 1. The van der Waals surface area contributed by atoms with Crippen LogP contribution < -0.4 is 14.8 Å². The average Bonchev–Trinajstić information content (AvgIpc) is 2.91. The van der Waals surface area contributed by atoms with Gasteiger partial charge in [-0.05, 0) is 38.1 Å². The second-order valence-electron chi connectivity index (χ2n) is 4.53. The molecule has 20 heavy (non-hydrogen) atoms. The van der Waals surface area contributed by atoms with E-state index >= 15 is 0 Å². The Labute approximate surface area is 123 Å². The first-order valence-corrected chi connectivity index (χ1v) is 7.49. The van der Waals surface area contributed by atoms with E-state index < -0.39 is 0 Å². The van der Waals surface area contributed by atoms with Gasteiger partial charge in [-0.1, -0.05) is 0 Å². The molecule has 0 bridgehead atoms. The monoisotopic (exact) mass is 292 g/mol. The SMILES string of the molecule is COc1ccc(OCCNC(C)c2nc(C)cs2)cc1. The lowest BCUT2D eigenvalue weighted by Gasteiger charge is -2.12. The molecule has 0 aliphatic carbocycles. The molecule has 0 saturated heterocycles. The molecule has 4 nitrogen and oxygen atoms in total. The normalized spacial score (nSPS) is 12.2. The van der Waals surface area contributed by atoms with Gasteiger partial charge in [0.1, 0.15) is 23.1 Å². The van der Waals surface area contributed by atoms with Crippen molar-refractivity contribution in [1.82, 2.24) is 10.3 Å². The van der Waals surface area contributed by atoms with E-state index in [1.165, 1.54) is 0 Å². The van der Waals surface area contributed by atoms with Crippen LogP contribution in [-0.2, 0) is 0 Å². The molecule has 1 atom stereocenters. The molecule has 0 radical (unpaired) electrons. The van der Waals surface area contributed by atoms with Gasteiger partial charge in [-0.15, -0.1) is 11.3 Å². The van der Waals surface area contributed by atoms with Gasteiger partial charge in [-0.25, -0.2) is 4.98 Å². The maximum absolute atomic E-state index is 5.66. The van der Waals surface area contributed by atoms with Crippen molar-refractivity contribution < 1.29 is 9.47 Å². The quantitative estimate of drug-likeness (QED) is 0.796. The molecule has 1 N–H and O–H groups in total. The van der Waals surface area contributed by atoms with E-state index in [4.69, 9.17) is 9.47 Å². The number of rotatable bonds is 7. The number of benzene rings is 1. The second-order valence-corrected chi connectivity index (χ2v) is 5.42. The van der Waals surface area contributed by atoms with Gasteiger partial charge in [0, 0.05) is 17.6 Å². The van der Waals surface area contributed by atoms with Crippen LogP contribution in [-0.4, -0.2) is 25.2 Å². The van der Waals surface area contributed by atoms with Gasteiger partial charge in [0.05, 0.1) is 13.2 Å². The highest BCUT2D eigenvalue weighted by Gasteiger charge is 2.08. The highest BCUT2D eigenvalue weighted by molar-refractivity contribution is 7.09. The predicted octanol–water partition coefficient (Wildman–Crippen LogP) is 3.19. The van der Waals surface area contributed by atoms with Crippen molar-refractivity contribution in [2.45, 2.75) is 19.9 Å². The Morgan fingerprint density at radius 3 is 2.55 bits per heavy atom. The van der Waals surface area contributed by atoms with Crippen LogP contribution in [0, 0.1) is 6.92 Å². The van der Waals surface area contributed by atoms with E-state index in [-0.39, 0.29) is 6.04 Å². The molecule has 1 unspecified atom stereocenters. The summed E-state index contributed by atoms with van der Waals surface area (Å²) in [5.74, 6) is 1.69. The topological polar surface area (TPSA) is 43.4 Å². The summed E-state index contributed by atoms with van der Waals surface area (Å²) in [6.07, 6.45) is 0. The molecule has 2 aromatic rings. The molecule has 0 amide bonds. The highest BCUT2D eigenvalue weighted by Crippen LogP contribution is 2.18. The molecule has 1 aromatic heterocycles. The first-order chi connectivity index (χ1) is 9.69.